The predicted octanol–water partition coefficient (Wildman–Crippen LogP) is 0.873. The zero-order valence-electron chi connectivity index (χ0n) is 14.7. The summed E-state index contributed by atoms with van der Waals surface area (Å²) in [7, 11) is 3.64. The van der Waals surface area contributed by atoms with Crippen LogP contribution in [0.2, 0.25) is 0 Å². The Bertz CT molecular complexity index is 917. The Labute approximate surface area is 145 Å². The Morgan fingerprint density at radius 1 is 1.32 bits per heavy atom. The van der Waals surface area contributed by atoms with E-state index in [9.17, 15) is 4.79 Å². The molecule has 0 amide bonds. The van der Waals surface area contributed by atoms with Crippen molar-refractivity contribution in [1.29, 1.82) is 0 Å². The molecule has 0 atom stereocenters. The predicted molar refractivity (Wildman–Crippen MR) is 93.3 cm³/mol. The van der Waals surface area contributed by atoms with Crippen molar-refractivity contribution in [2.24, 2.45) is 0 Å². The fourth-order valence-corrected chi connectivity index (χ4v) is 2.74. The summed E-state index contributed by atoms with van der Waals surface area (Å²) in [5.74, 6) is 0.855. The van der Waals surface area contributed by atoms with Gasteiger partial charge >= 0.3 is 0 Å². The normalized spacial score (nSPS) is 11.5. The molecule has 0 saturated carbocycles. The molecule has 0 unspecified atom stereocenters. The van der Waals surface area contributed by atoms with Gasteiger partial charge in [0, 0.05) is 32.5 Å². The Morgan fingerprint density at radius 2 is 2.16 bits per heavy atom. The number of rotatable bonds is 7. The van der Waals surface area contributed by atoms with Crippen LogP contribution in [0.1, 0.15) is 17.1 Å². The van der Waals surface area contributed by atoms with Crippen LogP contribution in [-0.2, 0) is 24.4 Å². The lowest BCUT2D eigenvalue weighted by molar-refractivity contribution is 0.184. The van der Waals surface area contributed by atoms with E-state index in [1.807, 2.05) is 30.7 Å². The number of hydrogen-bond donors (Lipinski definition) is 0. The van der Waals surface area contributed by atoms with Crippen LogP contribution in [-0.4, -0.2) is 49.8 Å². The maximum absolute atomic E-state index is 12.3. The van der Waals surface area contributed by atoms with Crippen molar-refractivity contribution in [1.82, 2.24) is 29.0 Å². The number of fused-ring (bicyclic) bond motifs is 1. The number of hydrogen-bond acceptors (Lipinski definition) is 6. The number of ether oxygens (including phenoxy) is 1. The molecule has 8 heteroatoms. The second-order valence-corrected chi connectivity index (χ2v) is 6.08. The molecule has 0 aliphatic carbocycles. The smallest absolute Gasteiger partial charge is 0.258 e. The molecule has 3 heterocycles. The molecule has 0 aliphatic heterocycles. The zero-order chi connectivity index (χ0) is 17.8. The van der Waals surface area contributed by atoms with Gasteiger partial charge in [-0.1, -0.05) is 6.07 Å². The fraction of sp³-hybridized carbons (Fsp3) is 0.412. The summed E-state index contributed by atoms with van der Waals surface area (Å²) in [6, 6.07) is 5.39. The first-order valence-corrected chi connectivity index (χ1v) is 8.10. The third-order valence-corrected chi connectivity index (χ3v) is 4.01. The minimum atomic E-state index is -0.0691. The fourth-order valence-electron chi connectivity index (χ4n) is 2.74. The van der Waals surface area contributed by atoms with E-state index < -0.39 is 0 Å². The number of aromatic nitrogens is 5. The van der Waals surface area contributed by atoms with Crippen LogP contribution < -0.4 is 5.56 Å². The summed E-state index contributed by atoms with van der Waals surface area (Å²) in [4.78, 5) is 19.0. The van der Waals surface area contributed by atoms with Gasteiger partial charge in [0.1, 0.15) is 17.8 Å². The first kappa shape index (κ1) is 17.2. The van der Waals surface area contributed by atoms with E-state index in [0.29, 0.717) is 31.9 Å². The molecule has 0 spiro atoms. The van der Waals surface area contributed by atoms with Gasteiger partial charge in [-0.2, -0.15) is 0 Å². The molecule has 3 aromatic heterocycles. The molecule has 0 bridgehead atoms. The van der Waals surface area contributed by atoms with E-state index in [1.54, 1.807) is 30.1 Å². The molecule has 0 aromatic carbocycles. The van der Waals surface area contributed by atoms with Crippen molar-refractivity contribution < 1.29 is 4.74 Å². The second kappa shape index (κ2) is 7.54. The summed E-state index contributed by atoms with van der Waals surface area (Å²) in [6.45, 7) is 4.43. The van der Waals surface area contributed by atoms with Crippen LogP contribution in [0, 0.1) is 6.92 Å². The van der Waals surface area contributed by atoms with Gasteiger partial charge in [-0.05, 0) is 25.6 Å². The summed E-state index contributed by atoms with van der Waals surface area (Å²) in [6.07, 6.45) is 3.44. The lowest BCUT2D eigenvalue weighted by atomic mass is 10.3. The monoisotopic (exact) mass is 342 g/mol. The molecule has 0 N–H and O–H groups in total. The zero-order valence-corrected chi connectivity index (χ0v) is 14.7. The third kappa shape index (κ3) is 3.92. The number of nitrogens with zero attached hydrogens (tertiary/aromatic N) is 6. The van der Waals surface area contributed by atoms with E-state index in [-0.39, 0.29) is 5.56 Å². The van der Waals surface area contributed by atoms with Gasteiger partial charge in [0.15, 0.2) is 0 Å². The standard InChI is InChI=1S/C17H22N6O2/c1-13-5-4-6-23-16(24)9-14(19-17(13)23)10-21(2)11-15-20-18-12-22(15)7-8-25-3/h4-6,9,12H,7-8,10-11H2,1-3H3. The molecule has 3 rings (SSSR count). The van der Waals surface area contributed by atoms with Crippen molar-refractivity contribution in [3.8, 4) is 0 Å². The van der Waals surface area contributed by atoms with Gasteiger partial charge in [0.05, 0.1) is 18.8 Å². The molecule has 0 aliphatic rings. The molecule has 3 aromatic rings. The number of pyridine rings is 1. The summed E-state index contributed by atoms with van der Waals surface area (Å²) in [5.41, 5.74) is 2.34. The minimum Gasteiger partial charge on any atom is -0.383 e. The van der Waals surface area contributed by atoms with Gasteiger partial charge in [0.2, 0.25) is 0 Å². The van der Waals surface area contributed by atoms with Crippen LogP contribution in [0.15, 0.2) is 35.5 Å². The highest BCUT2D eigenvalue weighted by atomic mass is 16.5. The topological polar surface area (TPSA) is 77.5 Å². The number of methoxy groups -OCH3 is 1. The minimum absolute atomic E-state index is 0.0691. The van der Waals surface area contributed by atoms with Crippen molar-refractivity contribution >= 4 is 5.65 Å². The van der Waals surface area contributed by atoms with Crippen molar-refractivity contribution in [3.63, 3.8) is 0 Å². The third-order valence-electron chi connectivity index (χ3n) is 4.01. The largest absolute Gasteiger partial charge is 0.383 e. The van der Waals surface area contributed by atoms with Crippen molar-refractivity contribution in [2.45, 2.75) is 26.6 Å². The maximum Gasteiger partial charge on any atom is 0.258 e. The molecular formula is C17H22N6O2. The van der Waals surface area contributed by atoms with Gasteiger partial charge < -0.3 is 9.30 Å². The van der Waals surface area contributed by atoms with Gasteiger partial charge in [-0.15, -0.1) is 10.2 Å². The van der Waals surface area contributed by atoms with Crippen LogP contribution in [0.4, 0.5) is 0 Å². The van der Waals surface area contributed by atoms with Crippen LogP contribution in [0.3, 0.4) is 0 Å². The van der Waals surface area contributed by atoms with Crippen molar-refractivity contribution in [3.05, 3.63) is 58.2 Å². The first-order valence-electron chi connectivity index (χ1n) is 8.10. The van der Waals surface area contributed by atoms with Crippen LogP contribution in [0.5, 0.6) is 0 Å². The highest BCUT2D eigenvalue weighted by molar-refractivity contribution is 5.46. The molecular weight excluding hydrogens is 320 g/mol. The molecule has 8 nitrogen and oxygen atoms in total. The molecule has 0 saturated heterocycles. The molecule has 0 fully saturated rings. The van der Waals surface area contributed by atoms with Gasteiger partial charge in [0.25, 0.3) is 5.56 Å². The Hall–Kier alpha value is -2.58. The van der Waals surface area contributed by atoms with E-state index in [4.69, 9.17) is 4.74 Å². The summed E-state index contributed by atoms with van der Waals surface area (Å²) >= 11 is 0. The highest BCUT2D eigenvalue weighted by Gasteiger charge is 2.11. The van der Waals surface area contributed by atoms with Crippen LogP contribution in [0.25, 0.3) is 5.65 Å². The molecule has 132 valence electrons. The van der Waals surface area contributed by atoms with E-state index in [2.05, 4.69) is 20.1 Å². The quantitative estimate of drug-likeness (QED) is 0.634. The second-order valence-electron chi connectivity index (χ2n) is 6.08. The van der Waals surface area contributed by atoms with E-state index >= 15 is 0 Å². The van der Waals surface area contributed by atoms with Gasteiger partial charge in [-0.3, -0.25) is 14.1 Å². The summed E-state index contributed by atoms with van der Waals surface area (Å²) < 4.78 is 8.63. The lowest BCUT2D eigenvalue weighted by Gasteiger charge is -2.16. The lowest BCUT2D eigenvalue weighted by Crippen LogP contribution is -2.23. The Kier molecular flexibility index (Phi) is 5.20. The highest BCUT2D eigenvalue weighted by Crippen LogP contribution is 2.08. The number of aryl methyl sites for hydroxylation is 1. The van der Waals surface area contributed by atoms with Crippen LogP contribution >= 0.6 is 0 Å². The molecule has 25 heavy (non-hydrogen) atoms. The summed E-state index contributed by atoms with van der Waals surface area (Å²) in [5, 5.41) is 8.13. The Balaban J connectivity index is 1.76. The van der Waals surface area contributed by atoms with E-state index in [0.717, 1.165) is 17.1 Å². The van der Waals surface area contributed by atoms with E-state index in [1.165, 1.54) is 0 Å². The SMILES string of the molecule is COCCn1cnnc1CN(C)Cc1cc(=O)n2cccc(C)c2n1. The first-order chi connectivity index (χ1) is 12.1. The maximum atomic E-state index is 12.3. The van der Waals surface area contributed by atoms with Gasteiger partial charge in [-0.25, -0.2) is 4.98 Å². The van der Waals surface area contributed by atoms with Crippen molar-refractivity contribution in [2.75, 3.05) is 20.8 Å². The molecule has 0 radical (unpaired) electrons. The average molecular weight is 342 g/mol. The average Bonchev–Trinajstić information content (AvgIpc) is 3.01. The Morgan fingerprint density at radius 3 is 2.96 bits per heavy atom.